The fourth-order valence-corrected chi connectivity index (χ4v) is 2.93. The molecule has 0 heterocycles. The normalized spacial score (nSPS) is 14.5. The van der Waals surface area contributed by atoms with Crippen LogP contribution in [0.15, 0.2) is 48.5 Å². The molecule has 0 unspecified atom stereocenters. The monoisotopic (exact) mass is 362 g/mol. The molecule has 1 nitrogen and oxygen atoms in total. The molecule has 22 heavy (non-hydrogen) atoms. The number of phenolic OH excluding ortho intramolecular Hbond substituents is 1. The van der Waals surface area contributed by atoms with Gasteiger partial charge in [0, 0.05) is 5.41 Å². The maximum atomic E-state index is 9.42. The van der Waals surface area contributed by atoms with Crippen molar-refractivity contribution in [2.45, 2.75) is 45.4 Å². The molecule has 0 aromatic heterocycles. The third-order valence-corrected chi connectivity index (χ3v) is 4.23. The SMILES string of the molecule is C=[Se].CC.Cc1ccc(C2(c3ccc(O)cc3)CCC2)cc1. The van der Waals surface area contributed by atoms with Crippen molar-refractivity contribution < 1.29 is 5.11 Å². The third kappa shape index (κ3) is 3.88. The van der Waals surface area contributed by atoms with E-state index in [-0.39, 0.29) is 5.41 Å². The Bertz CT molecular complexity index is 506. The van der Waals surface area contributed by atoms with Crippen LogP contribution in [0.3, 0.4) is 0 Å². The van der Waals surface area contributed by atoms with Gasteiger partial charge in [0.25, 0.3) is 0 Å². The van der Waals surface area contributed by atoms with E-state index >= 15 is 0 Å². The van der Waals surface area contributed by atoms with Gasteiger partial charge in [0.15, 0.2) is 0 Å². The molecule has 1 fully saturated rings. The summed E-state index contributed by atoms with van der Waals surface area (Å²) < 4.78 is 0. The standard InChI is InChI=1S/C17H18O.C2H6.CH2Se/c1-13-3-5-14(6-4-13)17(11-2-12-17)15-7-9-16(18)10-8-15;2*1-2/h3-10,18H,2,11-12H2,1H3;1-2H3;1H2. The van der Waals surface area contributed by atoms with Crippen LogP contribution in [0.4, 0.5) is 0 Å². The second-order valence-electron chi connectivity index (χ2n) is 5.35. The minimum atomic E-state index is 0.182. The maximum Gasteiger partial charge on any atom is 0.115 e. The molecule has 1 aliphatic rings. The largest absolute Gasteiger partial charge is 0.508 e. The van der Waals surface area contributed by atoms with Gasteiger partial charge in [-0.1, -0.05) is 62.2 Å². The van der Waals surface area contributed by atoms with Crippen molar-refractivity contribution in [2.75, 3.05) is 0 Å². The van der Waals surface area contributed by atoms with Crippen LogP contribution >= 0.6 is 0 Å². The Balaban J connectivity index is 0.000000561. The third-order valence-electron chi connectivity index (χ3n) is 4.23. The average molecular weight is 361 g/mol. The first-order valence-corrected chi connectivity index (χ1v) is 9.07. The second-order valence-corrected chi connectivity index (χ2v) is 5.35. The summed E-state index contributed by atoms with van der Waals surface area (Å²) in [6, 6.07) is 16.6. The van der Waals surface area contributed by atoms with Crippen LogP contribution in [-0.2, 0) is 5.41 Å². The summed E-state index contributed by atoms with van der Waals surface area (Å²) in [4.78, 5) is 0. The van der Waals surface area contributed by atoms with Crippen LogP contribution in [0.5, 0.6) is 5.75 Å². The number of aromatic hydroxyl groups is 1. The van der Waals surface area contributed by atoms with E-state index in [0.717, 1.165) is 0 Å². The van der Waals surface area contributed by atoms with E-state index in [1.165, 1.54) is 36.0 Å². The number of rotatable bonds is 2. The summed E-state index contributed by atoms with van der Waals surface area (Å²) in [5, 5.41) is 9.42. The first-order valence-electron chi connectivity index (χ1n) is 7.86. The van der Waals surface area contributed by atoms with Crippen molar-refractivity contribution in [1.82, 2.24) is 0 Å². The fraction of sp³-hybridized carbons (Fsp3) is 0.350. The first kappa shape index (κ1) is 18.7. The van der Waals surface area contributed by atoms with Gasteiger partial charge >= 0.3 is 21.0 Å². The molecule has 118 valence electrons. The van der Waals surface area contributed by atoms with Gasteiger partial charge in [0.2, 0.25) is 0 Å². The van der Waals surface area contributed by atoms with Crippen LogP contribution in [0, 0.1) is 6.92 Å². The van der Waals surface area contributed by atoms with Gasteiger partial charge in [-0.15, -0.1) is 0 Å². The Morgan fingerprint density at radius 2 is 1.27 bits per heavy atom. The molecule has 0 atom stereocenters. The minimum Gasteiger partial charge on any atom is -0.508 e. The fourth-order valence-electron chi connectivity index (χ4n) is 2.93. The first-order chi connectivity index (χ1) is 10.7. The molecule has 1 N–H and O–H groups in total. The Morgan fingerprint density at radius 3 is 1.64 bits per heavy atom. The summed E-state index contributed by atoms with van der Waals surface area (Å²) >= 11 is 2.38. The average Bonchev–Trinajstić information content (AvgIpc) is 2.54. The molecular weight excluding hydrogens is 335 g/mol. The van der Waals surface area contributed by atoms with Crippen molar-refractivity contribution >= 4 is 21.0 Å². The number of hydrogen-bond acceptors (Lipinski definition) is 1. The summed E-state index contributed by atoms with van der Waals surface area (Å²) in [5.41, 5.74) is 7.35. The summed E-state index contributed by atoms with van der Waals surface area (Å²) in [7, 11) is 0. The Labute approximate surface area is 142 Å². The molecule has 0 spiro atoms. The predicted molar refractivity (Wildman–Crippen MR) is 98.1 cm³/mol. The van der Waals surface area contributed by atoms with Crippen molar-refractivity contribution in [3.63, 3.8) is 0 Å². The minimum absolute atomic E-state index is 0.182. The number of phenols is 1. The molecule has 2 aromatic carbocycles. The van der Waals surface area contributed by atoms with Crippen LogP contribution in [0.2, 0.25) is 0 Å². The maximum absolute atomic E-state index is 9.42. The van der Waals surface area contributed by atoms with Gasteiger partial charge in [0.05, 0.1) is 0 Å². The van der Waals surface area contributed by atoms with Gasteiger partial charge in [-0.3, -0.25) is 0 Å². The van der Waals surface area contributed by atoms with Crippen molar-refractivity contribution in [3.8, 4) is 5.75 Å². The zero-order valence-corrected chi connectivity index (χ0v) is 15.5. The number of hydrogen-bond donors (Lipinski definition) is 1. The number of aryl methyl sites for hydroxylation is 1. The van der Waals surface area contributed by atoms with Crippen LogP contribution in [-0.4, -0.2) is 26.1 Å². The molecule has 0 bridgehead atoms. The van der Waals surface area contributed by atoms with E-state index in [4.69, 9.17) is 0 Å². The van der Waals surface area contributed by atoms with Gasteiger partial charge < -0.3 is 5.11 Å². The van der Waals surface area contributed by atoms with Crippen molar-refractivity contribution in [3.05, 3.63) is 65.2 Å². The Morgan fingerprint density at radius 1 is 0.864 bits per heavy atom. The van der Waals surface area contributed by atoms with E-state index in [9.17, 15) is 5.11 Å². The van der Waals surface area contributed by atoms with Crippen LogP contribution < -0.4 is 0 Å². The van der Waals surface area contributed by atoms with Crippen LogP contribution in [0.25, 0.3) is 0 Å². The van der Waals surface area contributed by atoms with E-state index in [1.54, 1.807) is 12.1 Å². The van der Waals surface area contributed by atoms with Gasteiger partial charge in [0.1, 0.15) is 5.75 Å². The molecule has 3 rings (SSSR count). The smallest absolute Gasteiger partial charge is 0.115 e. The van der Waals surface area contributed by atoms with Gasteiger partial charge in [-0.25, -0.2) is 0 Å². The Kier molecular flexibility index (Phi) is 7.58. The quantitative estimate of drug-likeness (QED) is 0.763. The number of benzene rings is 2. The summed E-state index contributed by atoms with van der Waals surface area (Å²) in [5.74, 6) is 0.345. The van der Waals surface area contributed by atoms with E-state index in [1.807, 2.05) is 13.8 Å². The summed E-state index contributed by atoms with van der Waals surface area (Å²) in [6.45, 7) is 6.12. The van der Waals surface area contributed by atoms with E-state index in [0.29, 0.717) is 5.75 Å². The molecule has 2 aromatic rings. The zero-order valence-electron chi connectivity index (χ0n) is 13.8. The zero-order chi connectivity index (χ0) is 16.6. The topological polar surface area (TPSA) is 20.2 Å². The van der Waals surface area contributed by atoms with E-state index in [2.05, 4.69) is 64.3 Å². The Hall–Kier alpha value is -1.37. The molecule has 1 saturated carbocycles. The predicted octanol–water partition coefficient (Wildman–Crippen LogP) is 4.78. The summed E-state index contributed by atoms with van der Waals surface area (Å²) in [6.07, 6.45) is 3.70. The van der Waals surface area contributed by atoms with Gasteiger partial charge in [-0.05, 0) is 43.0 Å². The van der Waals surface area contributed by atoms with Crippen LogP contribution in [0.1, 0.15) is 49.8 Å². The van der Waals surface area contributed by atoms with E-state index < -0.39 is 0 Å². The molecular formula is C20H26OSe. The second kappa shape index (κ2) is 8.92. The molecule has 1 aliphatic carbocycles. The van der Waals surface area contributed by atoms with Crippen molar-refractivity contribution in [1.29, 1.82) is 0 Å². The van der Waals surface area contributed by atoms with Gasteiger partial charge in [-0.2, -0.15) is 0 Å². The van der Waals surface area contributed by atoms with Crippen molar-refractivity contribution in [2.24, 2.45) is 0 Å². The molecule has 2 heteroatoms. The molecule has 0 amide bonds. The molecule has 0 radical (unpaired) electrons. The molecule has 0 aliphatic heterocycles. The molecule has 0 saturated heterocycles.